The van der Waals surface area contributed by atoms with Gasteiger partial charge in [0, 0.05) is 16.7 Å². The molecule has 2 atom stereocenters. The predicted molar refractivity (Wildman–Crippen MR) is 86.8 cm³/mol. The van der Waals surface area contributed by atoms with Crippen LogP contribution in [0.1, 0.15) is 13.3 Å². The molecule has 0 bridgehead atoms. The van der Waals surface area contributed by atoms with Crippen LogP contribution in [0.4, 0.5) is 5.69 Å². The second-order valence-electron chi connectivity index (χ2n) is 4.99. The van der Waals surface area contributed by atoms with Crippen molar-refractivity contribution in [1.82, 2.24) is 4.90 Å². The Morgan fingerprint density at radius 2 is 2.19 bits per heavy atom. The first-order valence-electron chi connectivity index (χ1n) is 6.50. The molecule has 1 saturated heterocycles. The number of carbonyl (C=O) groups excluding carboxylic acids is 1. The van der Waals surface area contributed by atoms with Crippen LogP contribution in [0.3, 0.4) is 0 Å². The Bertz CT molecular complexity index is 527. The molecule has 1 aliphatic heterocycles. The summed E-state index contributed by atoms with van der Waals surface area (Å²) in [5.74, 6) is -1.27. The molecular weight excluding hydrogens is 360 g/mol. The molecule has 1 aromatic carbocycles. The fraction of sp³-hybridized carbons (Fsp3) is 0.429. The lowest BCUT2D eigenvalue weighted by molar-refractivity contribution is -0.141. The minimum Gasteiger partial charge on any atom is -0.481 e. The molecule has 1 aliphatic rings. The number of likely N-dealkylation sites (tertiary alicyclic amines) is 1. The Kier molecular flexibility index (Phi) is 6.64. The SMILES string of the molecule is CC(C(=O)Nc1cccc(Br)c1)N1CCC(C(=O)O)C1.Cl. The summed E-state index contributed by atoms with van der Waals surface area (Å²) in [4.78, 5) is 25.0. The van der Waals surface area contributed by atoms with Gasteiger partial charge in [-0.15, -0.1) is 12.4 Å². The maximum Gasteiger partial charge on any atom is 0.307 e. The molecule has 0 saturated carbocycles. The van der Waals surface area contributed by atoms with Crippen LogP contribution in [0.15, 0.2) is 28.7 Å². The summed E-state index contributed by atoms with van der Waals surface area (Å²) in [5.41, 5.74) is 0.727. The normalized spacial score (nSPS) is 19.6. The topological polar surface area (TPSA) is 69.6 Å². The third-order valence-electron chi connectivity index (χ3n) is 3.59. The number of nitrogens with zero attached hydrogens (tertiary/aromatic N) is 1. The van der Waals surface area contributed by atoms with Gasteiger partial charge in [0.05, 0.1) is 12.0 Å². The molecule has 0 radical (unpaired) electrons. The van der Waals surface area contributed by atoms with Crippen molar-refractivity contribution < 1.29 is 14.7 Å². The van der Waals surface area contributed by atoms with Crippen molar-refractivity contribution in [3.63, 3.8) is 0 Å². The van der Waals surface area contributed by atoms with Gasteiger partial charge in [-0.3, -0.25) is 14.5 Å². The molecule has 1 amide bonds. The number of hydrogen-bond donors (Lipinski definition) is 2. The van der Waals surface area contributed by atoms with Gasteiger partial charge in [0.15, 0.2) is 0 Å². The van der Waals surface area contributed by atoms with Crippen molar-refractivity contribution in [2.45, 2.75) is 19.4 Å². The first-order valence-corrected chi connectivity index (χ1v) is 7.30. The Morgan fingerprint density at radius 3 is 2.76 bits per heavy atom. The van der Waals surface area contributed by atoms with Gasteiger partial charge < -0.3 is 10.4 Å². The molecule has 1 aromatic rings. The first-order chi connectivity index (χ1) is 9.47. The van der Waals surface area contributed by atoms with E-state index in [1.54, 1.807) is 6.92 Å². The lowest BCUT2D eigenvalue weighted by atomic mass is 10.1. The van der Waals surface area contributed by atoms with Crippen molar-refractivity contribution in [2.75, 3.05) is 18.4 Å². The standard InChI is InChI=1S/C14H17BrN2O3.ClH/c1-9(17-6-5-10(8-17)14(19)20)13(18)16-12-4-2-3-11(15)7-12;/h2-4,7,9-10H,5-6,8H2,1H3,(H,16,18)(H,19,20);1H. The number of anilines is 1. The van der Waals surface area contributed by atoms with E-state index < -0.39 is 5.97 Å². The lowest BCUT2D eigenvalue weighted by Crippen LogP contribution is -2.41. The van der Waals surface area contributed by atoms with E-state index >= 15 is 0 Å². The highest BCUT2D eigenvalue weighted by Gasteiger charge is 2.33. The monoisotopic (exact) mass is 376 g/mol. The summed E-state index contributed by atoms with van der Waals surface area (Å²) in [6, 6.07) is 7.05. The molecule has 7 heteroatoms. The van der Waals surface area contributed by atoms with E-state index in [1.165, 1.54) is 0 Å². The highest BCUT2D eigenvalue weighted by molar-refractivity contribution is 9.10. The van der Waals surface area contributed by atoms with Gasteiger partial charge in [0.1, 0.15) is 0 Å². The number of carboxylic acid groups (broad SMARTS) is 1. The molecule has 1 heterocycles. The summed E-state index contributed by atoms with van der Waals surface area (Å²) < 4.78 is 0.898. The van der Waals surface area contributed by atoms with Crippen LogP contribution in [0.5, 0.6) is 0 Å². The van der Waals surface area contributed by atoms with Crippen molar-refractivity contribution in [2.24, 2.45) is 5.92 Å². The van der Waals surface area contributed by atoms with Gasteiger partial charge in [0.2, 0.25) is 5.91 Å². The van der Waals surface area contributed by atoms with E-state index in [-0.39, 0.29) is 30.3 Å². The largest absolute Gasteiger partial charge is 0.481 e. The lowest BCUT2D eigenvalue weighted by Gasteiger charge is -2.23. The quantitative estimate of drug-likeness (QED) is 0.846. The molecule has 2 rings (SSSR count). The van der Waals surface area contributed by atoms with Crippen LogP contribution in [0.2, 0.25) is 0 Å². The van der Waals surface area contributed by atoms with Gasteiger partial charge in [-0.05, 0) is 38.1 Å². The van der Waals surface area contributed by atoms with Crippen LogP contribution in [0.25, 0.3) is 0 Å². The van der Waals surface area contributed by atoms with Crippen LogP contribution >= 0.6 is 28.3 Å². The Labute approximate surface area is 138 Å². The fourth-order valence-electron chi connectivity index (χ4n) is 2.32. The summed E-state index contributed by atoms with van der Waals surface area (Å²) in [7, 11) is 0. The van der Waals surface area contributed by atoms with Crippen LogP contribution < -0.4 is 5.32 Å². The highest BCUT2D eigenvalue weighted by Crippen LogP contribution is 2.20. The van der Waals surface area contributed by atoms with Gasteiger partial charge in [-0.2, -0.15) is 0 Å². The number of carboxylic acids is 1. The molecule has 0 aromatic heterocycles. The zero-order valence-corrected chi connectivity index (χ0v) is 14.0. The number of nitrogens with one attached hydrogen (secondary N) is 1. The molecule has 5 nitrogen and oxygen atoms in total. The maximum atomic E-state index is 12.2. The molecule has 0 spiro atoms. The number of amides is 1. The first kappa shape index (κ1) is 17.9. The van der Waals surface area contributed by atoms with Crippen molar-refractivity contribution in [3.8, 4) is 0 Å². The third kappa shape index (κ3) is 4.69. The smallest absolute Gasteiger partial charge is 0.307 e. The van der Waals surface area contributed by atoms with Gasteiger partial charge in [-0.25, -0.2) is 0 Å². The van der Waals surface area contributed by atoms with Crippen LogP contribution in [-0.4, -0.2) is 41.0 Å². The minimum atomic E-state index is -0.785. The second kappa shape index (κ2) is 7.77. The maximum absolute atomic E-state index is 12.2. The van der Waals surface area contributed by atoms with Crippen molar-refractivity contribution in [3.05, 3.63) is 28.7 Å². The van der Waals surface area contributed by atoms with E-state index in [4.69, 9.17) is 5.11 Å². The third-order valence-corrected chi connectivity index (χ3v) is 4.08. The number of carbonyl (C=O) groups is 2. The van der Waals surface area contributed by atoms with E-state index in [9.17, 15) is 9.59 Å². The molecule has 2 unspecified atom stereocenters. The average molecular weight is 378 g/mol. The molecule has 1 fully saturated rings. The molecule has 2 N–H and O–H groups in total. The average Bonchev–Trinajstić information content (AvgIpc) is 2.87. The molecule has 116 valence electrons. The van der Waals surface area contributed by atoms with Crippen LogP contribution in [0, 0.1) is 5.92 Å². The second-order valence-corrected chi connectivity index (χ2v) is 5.91. The van der Waals surface area contributed by atoms with Crippen molar-refractivity contribution >= 4 is 45.9 Å². The number of hydrogen-bond acceptors (Lipinski definition) is 3. The number of benzene rings is 1. The number of halogens is 2. The Hall–Kier alpha value is -1.11. The van der Waals surface area contributed by atoms with Gasteiger partial charge in [-0.1, -0.05) is 22.0 Å². The highest BCUT2D eigenvalue weighted by atomic mass is 79.9. The zero-order chi connectivity index (χ0) is 14.7. The van der Waals surface area contributed by atoms with E-state index in [1.807, 2.05) is 29.2 Å². The summed E-state index contributed by atoms with van der Waals surface area (Å²) in [5, 5.41) is 11.8. The number of rotatable bonds is 4. The molecular formula is C14H18BrClN2O3. The van der Waals surface area contributed by atoms with Gasteiger partial charge in [0.25, 0.3) is 0 Å². The molecule has 21 heavy (non-hydrogen) atoms. The Balaban J connectivity index is 0.00000220. The Morgan fingerprint density at radius 1 is 1.48 bits per heavy atom. The van der Waals surface area contributed by atoms with E-state index in [2.05, 4.69) is 21.2 Å². The zero-order valence-electron chi connectivity index (χ0n) is 11.6. The minimum absolute atomic E-state index is 0. The molecule has 0 aliphatic carbocycles. The fourth-order valence-corrected chi connectivity index (χ4v) is 2.72. The summed E-state index contributed by atoms with van der Waals surface area (Å²) >= 11 is 3.35. The predicted octanol–water partition coefficient (Wildman–Crippen LogP) is 2.60. The summed E-state index contributed by atoms with van der Waals surface area (Å²) in [6.07, 6.45) is 0.601. The summed E-state index contributed by atoms with van der Waals surface area (Å²) in [6.45, 7) is 2.88. The van der Waals surface area contributed by atoms with E-state index in [0.29, 0.717) is 19.5 Å². The van der Waals surface area contributed by atoms with Crippen LogP contribution in [-0.2, 0) is 9.59 Å². The van der Waals surface area contributed by atoms with Gasteiger partial charge >= 0.3 is 5.97 Å². The van der Waals surface area contributed by atoms with Crippen molar-refractivity contribution in [1.29, 1.82) is 0 Å². The number of aliphatic carboxylic acids is 1. The van der Waals surface area contributed by atoms with E-state index in [0.717, 1.165) is 10.2 Å².